The van der Waals surface area contributed by atoms with Crippen molar-refractivity contribution in [2.75, 3.05) is 6.54 Å². The number of aromatic nitrogens is 1. The normalized spacial score (nSPS) is 14.2. The summed E-state index contributed by atoms with van der Waals surface area (Å²) in [6, 6.07) is 9.19. The van der Waals surface area contributed by atoms with Crippen molar-refractivity contribution in [2.45, 2.75) is 25.7 Å². The van der Waals surface area contributed by atoms with E-state index < -0.39 is 0 Å². The van der Waals surface area contributed by atoms with Crippen molar-refractivity contribution >= 4 is 28.4 Å². The second kappa shape index (κ2) is 6.27. The molecule has 4 heteroatoms. The lowest BCUT2D eigenvalue weighted by atomic mass is 10.1. The van der Waals surface area contributed by atoms with Crippen LogP contribution in [-0.4, -0.2) is 17.4 Å². The van der Waals surface area contributed by atoms with Gasteiger partial charge in [-0.1, -0.05) is 41.4 Å². The Bertz CT molecular complexity index is 709. The van der Waals surface area contributed by atoms with E-state index in [9.17, 15) is 4.79 Å². The fourth-order valence-electron chi connectivity index (χ4n) is 2.64. The molecule has 0 bridgehead atoms. The largest absolute Gasteiger partial charge is 0.350 e. The average molecular weight is 301 g/mol. The number of hydrogen-bond acceptors (Lipinski definition) is 2. The van der Waals surface area contributed by atoms with Crippen molar-refractivity contribution in [3.8, 4) is 0 Å². The molecule has 3 nitrogen and oxygen atoms in total. The summed E-state index contributed by atoms with van der Waals surface area (Å²) in [7, 11) is 0. The number of allylic oxidation sites excluding steroid dienone is 1. The predicted molar refractivity (Wildman–Crippen MR) is 85.6 cm³/mol. The molecule has 0 saturated heterocycles. The van der Waals surface area contributed by atoms with Crippen LogP contribution >= 0.6 is 11.6 Å². The molecule has 1 amide bonds. The molecule has 1 aliphatic rings. The fourth-order valence-corrected chi connectivity index (χ4v) is 2.90. The van der Waals surface area contributed by atoms with Crippen LogP contribution in [0.2, 0.25) is 5.02 Å². The Morgan fingerprint density at radius 3 is 3.00 bits per heavy atom. The van der Waals surface area contributed by atoms with Gasteiger partial charge in [0.25, 0.3) is 5.91 Å². The van der Waals surface area contributed by atoms with E-state index in [1.807, 2.05) is 24.3 Å². The number of para-hydroxylation sites is 1. The van der Waals surface area contributed by atoms with E-state index in [0.717, 1.165) is 23.7 Å². The van der Waals surface area contributed by atoms with Gasteiger partial charge in [-0.2, -0.15) is 0 Å². The van der Waals surface area contributed by atoms with Crippen molar-refractivity contribution in [1.82, 2.24) is 10.3 Å². The van der Waals surface area contributed by atoms with Crippen LogP contribution in [0.15, 0.2) is 42.0 Å². The second-order valence-corrected chi connectivity index (χ2v) is 5.67. The third-order valence-electron chi connectivity index (χ3n) is 3.77. The first-order valence-corrected chi connectivity index (χ1v) is 7.63. The number of amides is 1. The van der Waals surface area contributed by atoms with Crippen LogP contribution in [-0.2, 0) is 0 Å². The number of nitrogens with one attached hydrogen (secondary N) is 1. The predicted octanol–water partition coefficient (Wildman–Crippen LogP) is 4.12. The Morgan fingerprint density at radius 1 is 1.33 bits per heavy atom. The van der Waals surface area contributed by atoms with Crippen LogP contribution in [0.25, 0.3) is 10.9 Å². The van der Waals surface area contributed by atoms with Gasteiger partial charge in [-0.3, -0.25) is 4.79 Å². The van der Waals surface area contributed by atoms with Crippen LogP contribution in [0.4, 0.5) is 0 Å². The molecule has 0 aliphatic heterocycles. The summed E-state index contributed by atoms with van der Waals surface area (Å²) in [6.45, 7) is 0.650. The molecule has 1 aromatic carbocycles. The molecular weight excluding hydrogens is 284 g/mol. The van der Waals surface area contributed by atoms with Crippen LogP contribution < -0.4 is 5.32 Å². The van der Waals surface area contributed by atoms with E-state index in [0.29, 0.717) is 17.3 Å². The lowest BCUT2D eigenvalue weighted by molar-refractivity contribution is 0.0949. The number of carbonyl (C=O) groups is 1. The number of halogens is 1. The molecule has 1 aliphatic carbocycles. The number of fused-ring (bicyclic) bond motifs is 1. The third-order valence-corrected chi connectivity index (χ3v) is 4.08. The zero-order valence-corrected chi connectivity index (χ0v) is 12.5. The minimum absolute atomic E-state index is 0.166. The molecule has 1 N–H and O–H groups in total. The Kier molecular flexibility index (Phi) is 4.20. The summed E-state index contributed by atoms with van der Waals surface area (Å²) >= 11 is 6.21. The fraction of sp³-hybridized carbons (Fsp3) is 0.294. The highest BCUT2D eigenvalue weighted by Gasteiger charge is 2.11. The zero-order valence-electron chi connectivity index (χ0n) is 11.7. The van der Waals surface area contributed by atoms with Crippen molar-refractivity contribution < 1.29 is 4.79 Å². The monoisotopic (exact) mass is 300 g/mol. The number of rotatable bonds is 4. The van der Waals surface area contributed by atoms with Gasteiger partial charge in [-0.25, -0.2) is 4.98 Å². The molecular formula is C17H17ClN2O. The number of nitrogens with zero attached hydrogens (tertiary/aromatic N) is 1. The molecule has 0 saturated carbocycles. The van der Waals surface area contributed by atoms with Crippen LogP contribution in [0, 0.1) is 0 Å². The van der Waals surface area contributed by atoms with Gasteiger partial charge >= 0.3 is 0 Å². The standard InChI is InChI=1S/C17H17ClN2O/c18-14-11-16(20-15-8-4-3-7-13(14)15)17(21)19-10-9-12-5-1-2-6-12/h3-5,7-8,11H,1-2,6,9-10H2,(H,19,21). The minimum Gasteiger partial charge on any atom is -0.350 e. The van der Waals surface area contributed by atoms with Crippen LogP contribution in [0.5, 0.6) is 0 Å². The van der Waals surface area contributed by atoms with E-state index in [1.165, 1.54) is 18.4 Å². The lowest BCUT2D eigenvalue weighted by Gasteiger charge is -2.07. The molecule has 0 fully saturated rings. The summed E-state index contributed by atoms with van der Waals surface area (Å²) in [5.74, 6) is -0.166. The van der Waals surface area contributed by atoms with Gasteiger partial charge in [0.05, 0.1) is 10.5 Å². The van der Waals surface area contributed by atoms with E-state index in [1.54, 1.807) is 6.07 Å². The Hall–Kier alpha value is -1.87. The van der Waals surface area contributed by atoms with Crippen molar-refractivity contribution in [2.24, 2.45) is 0 Å². The number of hydrogen-bond donors (Lipinski definition) is 1. The summed E-state index contributed by atoms with van der Waals surface area (Å²) < 4.78 is 0. The Balaban J connectivity index is 1.69. The first-order chi connectivity index (χ1) is 10.2. The van der Waals surface area contributed by atoms with Crippen LogP contribution in [0.3, 0.4) is 0 Å². The maximum atomic E-state index is 12.2. The molecule has 0 spiro atoms. The quantitative estimate of drug-likeness (QED) is 0.863. The van der Waals surface area contributed by atoms with Gasteiger partial charge < -0.3 is 5.32 Å². The topological polar surface area (TPSA) is 42.0 Å². The molecule has 21 heavy (non-hydrogen) atoms. The maximum absolute atomic E-state index is 12.2. The Labute approximate surface area is 129 Å². The van der Waals surface area contributed by atoms with Gasteiger partial charge in [0, 0.05) is 11.9 Å². The highest BCUT2D eigenvalue weighted by molar-refractivity contribution is 6.35. The molecule has 3 rings (SSSR count). The minimum atomic E-state index is -0.166. The molecule has 1 heterocycles. The highest BCUT2D eigenvalue weighted by atomic mass is 35.5. The summed E-state index contributed by atoms with van der Waals surface area (Å²) in [6.07, 6.45) is 6.77. The SMILES string of the molecule is O=C(NCCC1=CCCC1)c1cc(Cl)c2ccccc2n1. The van der Waals surface area contributed by atoms with Gasteiger partial charge in [0.2, 0.25) is 0 Å². The van der Waals surface area contributed by atoms with E-state index in [4.69, 9.17) is 11.6 Å². The van der Waals surface area contributed by atoms with Crippen molar-refractivity contribution in [3.05, 3.63) is 52.7 Å². The van der Waals surface area contributed by atoms with Crippen molar-refractivity contribution in [3.63, 3.8) is 0 Å². The summed E-state index contributed by atoms with van der Waals surface area (Å²) in [5, 5.41) is 4.34. The van der Waals surface area contributed by atoms with E-state index >= 15 is 0 Å². The Morgan fingerprint density at radius 2 is 2.19 bits per heavy atom. The summed E-state index contributed by atoms with van der Waals surface area (Å²) in [4.78, 5) is 16.5. The molecule has 2 aromatic rings. The maximum Gasteiger partial charge on any atom is 0.269 e. The first-order valence-electron chi connectivity index (χ1n) is 7.25. The van der Waals surface area contributed by atoms with E-state index in [-0.39, 0.29) is 5.91 Å². The van der Waals surface area contributed by atoms with Gasteiger partial charge in [0.1, 0.15) is 5.69 Å². The molecule has 1 aromatic heterocycles. The molecule has 108 valence electrons. The molecule has 0 unspecified atom stereocenters. The summed E-state index contributed by atoms with van der Waals surface area (Å²) in [5.41, 5.74) is 2.56. The lowest BCUT2D eigenvalue weighted by Crippen LogP contribution is -2.25. The smallest absolute Gasteiger partial charge is 0.269 e. The van der Waals surface area contributed by atoms with Crippen molar-refractivity contribution in [1.29, 1.82) is 0 Å². The molecule has 0 atom stereocenters. The highest BCUT2D eigenvalue weighted by Crippen LogP contribution is 2.23. The van der Waals surface area contributed by atoms with Gasteiger partial charge in [-0.15, -0.1) is 0 Å². The first kappa shape index (κ1) is 14.1. The number of carbonyl (C=O) groups excluding carboxylic acids is 1. The second-order valence-electron chi connectivity index (χ2n) is 5.27. The van der Waals surface area contributed by atoms with Crippen LogP contribution in [0.1, 0.15) is 36.2 Å². The third kappa shape index (κ3) is 3.24. The van der Waals surface area contributed by atoms with E-state index in [2.05, 4.69) is 16.4 Å². The van der Waals surface area contributed by atoms with Gasteiger partial charge in [0.15, 0.2) is 0 Å². The molecule has 0 radical (unpaired) electrons. The number of pyridine rings is 1. The van der Waals surface area contributed by atoms with Gasteiger partial charge in [-0.05, 0) is 37.8 Å². The average Bonchev–Trinajstić information content (AvgIpc) is 3.00. The number of benzene rings is 1. The zero-order chi connectivity index (χ0) is 14.7.